The number of esters is 1. The molecule has 4 nitrogen and oxygen atoms in total. The highest BCUT2D eigenvalue weighted by Gasteiger charge is 2.69. The molecule has 0 saturated carbocycles. The number of carbonyl (C=O) groups is 1. The van der Waals surface area contributed by atoms with E-state index in [1.165, 1.54) is 0 Å². The van der Waals surface area contributed by atoms with E-state index in [9.17, 15) is 57.5 Å². The Bertz CT molecular complexity index is 529. The van der Waals surface area contributed by atoms with Gasteiger partial charge in [0.1, 0.15) is 0 Å². The predicted molar refractivity (Wildman–Crippen MR) is 63.6 cm³/mol. The summed E-state index contributed by atoms with van der Waals surface area (Å²) in [6.45, 7) is -0.244. The highest BCUT2D eigenvalue weighted by molar-refractivity contribution is 5.88. The van der Waals surface area contributed by atoms with Crippen molar-refractivity contribution in [1.29, 1.82) is 0 Å². The Morgan fingerprint density at radius 3 is 1.57 bits per heavy atom. The van der Waals surface area contributed by atoms with Crippen molar-refractivity contribution in [3.05, 3.63) is 12.2 Å². The summed E-state index contributed by atoms with van der Waals surface area (Å²) in [5.41, 5.74) is -6.46. The first-order valence-corrected chi connectivity index (χ1v) is 6.60. The van der Waals surface area contributed by atoms with Crippen LogP contribution in [0.4, 0.5) is 52.7 Å². The minimum Gasteiger partial charge on any atom is -0.439 e. The van der Waals surface area contributed by atoms with E-state index in [-0.39, 0.29) is 0 Å². The quantitative estimate of drug-likeness (QED) is 0.280. The van der Waals surface area contributed by atoms with E-state index >= 15 is 0 Å². The van der Waals surface area contributed by atoms with Crippen molar-refractivity contribution in [2.45, 2.75) is 42.8 Å². The van der Waals surface area contributed by atoms with Gasteiger partial charge in [0.25, 0.3) is 11.7 Å². The van der Waals surface area contributed by atoms with Gasteiger partial charge in [-0.25, -0.2) is 4.79 Å². The highest BCUT2D eigenvalue weighted by Crippen LogP contribution is 2.45. The van der Waals surface area contributed by atoms with Crippen molar-refractivity contribution < 1.29 is 72.1 Å². The first-order chi connectivity index (χ1) is 12.1. The summed E-state index contributed by atoms with van der Waals surface area (Å²) in [6, 6.07) is 0. The monoisotopic (exact) mass is 446 g/mol. The average Bonchev–Trinajstić information content (AvgIpc) is 2.43. The van der Waals surface area contributed by atoms with Crippen molar-refractivity contribution in [1.82, 2.24) is 0 Å². The van der Waals surface area contributed by atoms with Crippen LogP contribution in [0.1, 0.15) is 6.42 Å². The SMILES string of the molecule is C=C(COCCC(O)(C(F)(F)F)C(F)(F)F)C(=O)OC(C(F)(F)F)C(F)(F)F. The molecule has 0 aromatic carbocycles. The number of hydrogen-bond acceptors (Lipinski definition) is 4. The van der Waals surface area contributed by atoms with Gasteiger partial charge in [0.2, 0.25) is 0 Å². The molecule has 1 N–H and O–H groups in total. The molecule has 0 spiro atoms. The lowest BCUT2D eigenvalue weighted by molar-refractivity contribution is -0.371. The number of hydrogen-bond donors (Lipinski definition) is 1. The lowest BCUT2D eigenvalue weighted by atomic mass is 9.99. The van der Waals surface area contributed by atoms with Gasteiger partial charge in [-0.15, -0.1) is 0 Å². The highest BCUT2D eigenvalue weighted by atomic mass is 19.4. The normalized spacial score (nSPS) is 14.4. The molecule has 0 unspecified atom stereocenters. The maximum absolute atomic E-state index is 12.4. The molecule has 0 aliphatic heterocycles. The number of carbonyl (C=O) groups excluding carboxylic acids is 1. The number of alkyl halides is 12. The fourth-order valence-corrected chi connectivity index (χ4v) is 1.43. The van der Waals surface area contributed by atoms with Crippen LogP contribution in [-0.4, -0.2) is 60.7 Å². The van der Waals surface area contributed by atoms with Gasteiger partial charge in [0.05, 0.1) is 18.8 Å². The van der Waals surface area contributed by atoms with Gasteiger partial charge in [0.15, 0.2) is 0 Å². The Morgan fingerprint density at radius 2 is 1.25 bits per heavy atom. The molecule has 0 heterocycles. The Hall–Kier alpha value is -1.71. The minimum absolute atomic E-state index is 1.26. The fourth-order valence-electron chi connectivity index (χ4n) is 1.43. The molecule has 0 aromatic rings. The minimum atomic E-state index is -6.17. The third kappa shape index (κ3) is 6.72. The van der Waals surface area contributed by atoms with Gasteiger partial charge in [0, 0.05) is 6.42 Å². The van der Waals surface area contributed by atoms with Crippen LogP contribution < -0.4 is 0 Å². The molecule has 0 radical (unpaired) electrons. The zero-order valence-electron chi connectivity index (χ0n) is 13.1. The Labute approximate surface area is 147 Å². The zero-order chi connectivity index (χ0) is 22.8. The smallest absolute Gasteiger partial charge is 0.434 e. The Balaban J connectivity index is 4.85. The molecule has 0 aromatic heterocycles. The summed E-state index contributed by atoms with van der Waals surface area (Å²) in [5.74, 6) is -2.30. The van der Waals surface area contributed by atoms with E-state index in [2.05, 4.69) is 16.1 Å². The summed E-state index contributed by atoms with van der Waals surface area (Å²) in [7, 11) is 0. The van der Waals surface area contributed by atoms with Crippen LogP contribution in [0.2, 0.25) is 0 Å². The molecule has 166 valence electrons. The van der Waals surface area contributed by atoms with Crippen LogP contribution in [0.15, 0.2) is 12.2 Å². The van der Waals surface area contributed by atoms with Crippen LogP contribution in [0, 0.1) is 0 Å². The number of aliphatic hydroxyl groups is 1. The molecule has 16 heteroatoms. The molecule has 0 aliphatic rings. The second kappa shape index (κ2) is 8.34. The third-order valence-electron chi connectivity index (χ3n) is 2.93. The van der Waals surface area contributed by atoms with Crippen LogP contribution >= 0.6 is 0 Å². The van der Waals surface area contributed by atoms with Crippen molar-refractivity contribution in [3.8, 4) is 0 Å². The molecule has 0 atom stereocenters. The lowest BCUT2D eigenvalue weighted by Gasteiger charge is -2.32. The predicted octanol–water partition coefficient (Wildman–Crippen LogP) is 3.84. The first-order valence-electron chi connectivity index (χ1n) is 6.60. The van der Waals surface area contributed by atoms with E-state index in [0.717, 1.165) is 0 Å². The second-order valence-electron chi connectivity index (χ2n) is 5.13. The molecule has 0 aliphatic carbocycles. The average molecular weight is 446 g/mol. The fraction of sp³-hybridized carbons (Fsp3) is 0.750. The van der Waals surface area contributed by atoms with Crippen molar-refractivity contribution >= 4 is 5.97 Å². The topological polar surface area (TPSA) is 55.8 Å². The van der Waals surface area contributed by atoms with Gasteiger partial charge in [-0.1, -0.05) is 6.58 Å². The summed E-state index contributed by atoms with van der Waals surface area (Å²) in [4.78, 5) is 11.1. The number of rotatable bonds is 7. The molecule has 0 rings (SSSR count). The summed E-state index contributed by atoms with van der Waals surface area (Å²) >= 11 is 0. The number of ether oxygens (including phenoxy) is 2. The molecule has 0 saturated heterocycles. The van der Waals surface area contributed by atoms with E-state index in [1.54, 1.807) is 0 Å². The van der Waals surface area contributed by atoms with Gasteiger partial charge < -0.3 is 14.6 Å². The van der Waals surface area contributed by atoms with E-state index in [4.69, 9.17) is 5.11 Å². The van der Waals surface area contributed by atoms with E-state index < -0.39 is 67.6 Å². The summed E-state index contributed by atoms with van der Waals surface area (Å²) in [6.07, 6.45) is -31.1. The summed E-state index contributed by atoms with van der Waals surface area (Å²) in [5, 5.41) is 8.76. The maximum atomic E-state index is 12.4. The van der Waals surface area contributed by atoms with E-state index in [1.807, 2.05) is 0 Å². The van der Waals surface area contributed by atoms with Crippen molar-refractivity contribution in [3.63, 3.8) is 0 Å². The molecule has 0 bridgehead atoms. The lowest BCUT2D eigenvalue weighted by Crippen LogP contribution is -2.57. The molecular weight excluding hydrogens is 436 g/mol. The van der Waals surface area contributed by atoms with Crippen LogP contribution in [0.25, 0.3) is 0 Å². The Morgan fingerprint density at radius 1 is 0.857 bits per heavy atom. The second-order valence-corrected chi connectivity index (χ2v) is 5.13. The van der Waals surface area contributed by atoms with Crippen LogP contribution in [0.3, 0.4) is 0 Å². The van der Waals surface area contributed by atoms with Crippen LogP contribution in [0.5, 0.6) is 0 Å². The van der Waals surface area contributed by atoms with E-state index in [0.29, 0.717) is 0 Å². The largest absolute Gasteiger partial charge is 0.439 e. The maximum Gasteiger partial charge on any atom is 0.434 e. The standard InChI is InChI=1S/C12H10F12O4/c1-5(6(25)28-7(9(13,14)15)10(16,17)18)4-27-3-2-8(26,11(19,20)21)12(22,23)24/h7,26H,1-4H2. The number of halogens is 12. The van der Waals surface area contributed by atoms with Gasteiger partial charge in [-0.3, -0.25) is 0 Å². The van der Waals surface area contributed by atoms with Gasteiger partial charge in [-0.2, -0.15) is 52.7 Å². The Kier molecular flexibility index (Phi) is 7.83. The van der Waals surface area contributed by atoms with Gasteiger partial charge >= 0.3 is 30.7 Å². The molecular formula is C12H10F12O4. The summed E-state index contributed by atoms with van der Waals surface area (Å²) < 4.78 is 155. The first kappa shape index (κ1) is 26.3. The molecule has 28 heavy (non-hydrogen) atoms. The van der Waals surface area contributed by atoms with Gasteiger partial charge in [-0.05, 0) is 0 Å². The third-order valence-corrected chi connectivity index (χ3v) is 2.93. The zero-order valence-corrected chi connectivity index (χ0v) is 13.1. The van der Waals surface area contributed by atoms with Crippen molar-refractivity contribution in [2.75, 3.05) is 13.2 Å². The van der Waals surface area contributed by atoms with Crippen LogP contribution in [-0.2, 0) is 14.3 Å². The van der Waals surface area contributed by atoms with Crippen molar-refractivity contribution in [2.24, 2.45) is 0 Å². The molecule has 0 fully saturated rings. The molecule has 0 amide bonds.